The van der Waals surface area contributed by atoms with Crippen LogP contribution < -0.4 is 0 Å². The normalized spacial score (nSPS) is 16.3. The Morgan fingerprint density at radius 3 is 2.27 bits per heavy atom. The predicted octanol–water partition coefficient (Wildman–Crippen LogP) is 5.64. The fraction of sp³-hybridized carbons (Fsp3) is 0.455. The Labute approximate surface area is 158 Å². The first kappa shape index (κ1) is 20.7. The molecule has 0 atom stereocenters. The Kier molecular flexibility index (Phi) is 7.42. The molecule has 0 bridgehead atoms. The summed E-state index contributed by atoms with van der Waals surface area (Å²) in [5.41, 5.74) is 2.08. The third-order valence-corrected chi connectivity index (χ3v) is 6.68. The predicted molar refractivity (Wildman–Crippen MR) is 112 cm³/mol. The van der Waals surface area contributed by atoms with Gasteiger partial charge in [0.15, 0.2) is 0 Å². The molecule has 3 nitrogen and oxygen atoms in total. The van der Waals surface area contributed by atoms with Crippen LogP contribution in [0.4, 0.5) is 0 Å². The first-order valence-corrected chi connectivity index (χ1v) is 11.3. The second-order valence-corrected chi connectivity index (χ2v) is 7.97. The lowest BCUT2D eigenvalue weighted by Gasteiger charge is -2.27. The maximum atomic E-state index is 13.0. The highest BCUT2D eigenvalue weighted by atomic mass is 32.2. The van der Waals surface area contributed by atoms with Gasteiger partial charge in [-0.1, -0.05) is 70.5 Å². The second-order valence-electron chi connectivity index (χ2n) is 6.06. The van der Waals surface area contributed by atoms with Crippen molar-refractivity contribution >= 4 is 26.9 Å². The third-order valence-electron chi connectivity index (χ3n) is 4.69. The van der Waals surface area contributed by atoms with Crippen LogP contribution >= 0.6 is 0 Å². The summed E-state index contributed by atoms with van der Waals surface area (Å²) < 4.78 is 27.8. The van der Waals surface area contributed by atoms with E-state index < -0.39 is 10.0 Å². The van der Waals surface area contributed by atoms with E-state index in [1.807, 2.05) is 39.8 Å². The van der Waals surface area contributed by atoms with Crippen molar-refractivity contribution in [2.75, 3.05) is 13.1 Å². The zero-order chi connectivity index (χ0) is 19.2. The van der Waals surface area contributed by atoms with Gasteiger partial charge < -0.3 is 0 Å². The van der Waals surface area contributed by atoms with Crippen molar-refractivity contribution in [2.45, 2.75) is 58.3 Å². The number of hydrogen-bond acceptors (Lipinski definition) is 2. The molecule has 0 aromatic heterocycles. The summed E-state index contributed by atoms with van der Waals surface area (Å²) in [5.74, 6) is 0. The van der Waals surface area contributed by atoms with E-state index in [-0.39, 0.29) is 0 Å². The molecule has 0 spiro atoms. The van der Waals surface area contributed by atoms with Crippen LogP contribution in [0.15, 0.2) is 41.3 Å². The van der Waals surface area contributed by atoms with E-state index in [0.29, 0.717) is 24.4 Å². The topological polar surface area (TPSA) is 37.4 Å². The van der Waals surface area contributed by atoms with Crippen LogP contribution in [-0.4, -0.2) is 25.8 Å². The molecule has 0 amide bonds. The molecule has 1 saturated heterocycles. The Balaban J connectivity index is 0.000000570. The molecule has 2 aromatic rings. The first-order valence-electron chi connectivity index (χ1n) is 9.89. The van der Waals surface area contributed by atoms with Crippen LogP contribution in [0.3, 0.4) is 0 Å². The van der Waals surface area contributed by atoms with Crippen LogP contribution in [0.2, 0.25) is 0 Å². The lowest BCUT2D eigenvalue weighted by molar-refractivity contribution is 0.346. The van der Waals surface area contributed by atoms with Gasteiger partial charge in [-0.3, -0.25) is 0 Å². The molecule has 4 heteroatoms. The van der Waals surface area contributed by atoms with E-state index in [9.17, 15) is 8.42 Å². The summed E-state index contributed by atoms with van der Waals surface area (Å²) in [6, 6.07) is 9.87. The van der Waals surface area contributed by atoms with Crippen molar-refractivity contribution in [3.05, 3.63) is 47.5 Å². The lowest BCUT2D eigenvalue weighted by atomic mass is 9.93. The molecule has 2 aliphatic rings. The van der Waals surface area contributed by atoms with Crippen molar-refractivity contribution in [1.82, 2.24) is 4.31 Å². The fourth-order valence-electron chi connectivity index (χ4n) is 3.60. The van der Waals surface area contributed by atoms with Crippen LogP contribution in [0.5, 0.6) is 0 Å². The van der Waals surface area contributed by atoms with Crippen LogP contribution in [-0.2, 0) is 16.4 Å². The van der Waals surface area contributed by atoms with Crippen molar-refractivity contribution in [3.8, 4) is 0 Å². The first-order chi connectivity index (χ1) is 12.7. The summed E-state index contributed by atoms with van der Waals surface area (Å²) in [7, 11) is -3.38. The maximum absolute atomic E-state index is 13.0. The van der Waals surface area contributed by atoms with Crippen LogP contribution in [0.25, 0.3) is 16.8 Å². The second kappa shape index (κ2) is 9.33. The Hall–Kier alpha value is -1.65. The molecule has 0 saturated carbocycles. The SMILES string of the molecule is CC.CC.O=S(=O)(c1ccc2cccc3c2c1CC=C3)N1CCCCC1. The molecule has 0 unspecified atom stereocenters. The summed E-state index contributed by atoms with van der Waals surface area (Å²) >= 11 is 0. The molecule has 0 N–H and O–H groups in total. The molecule has 1 heterocycles. The summed E-state index contributed by atoms with van der Waals surface area (Å²) in [4.78, 5) is 0.499. The van der Waals surface area contributed by atoms with Gasteiger partial charge in [0.05, 0.1) is 4.90 Å². The van der Waals surface area contributed by atoms with Crippen LogP contribution in [0, 0.1) is 0 Å². The minimum Gasteiger partial charge on any atom is -0.207 e. The number of nitrogens with zero attached hydrogens (tertiary/aromatic N) is 1. The zero-order valence-corrected chi connectivity index (χ0v) is 17.3. The number of benzene rings is 2. The number of rotatable bonds is 2. The number of hydrogen-bond donors (Lipinski definition) is 0. The Morgan fingerprint density at radius 1 is 0.885 bits per heavy atom. The third kappa shape index (κ3) is 3.86. The van der Waals surface area contributed by atoms with Gasteiger partial charge in [-0.15, -0.1) is 0 Å². The number of sulfonamides is 1. The molecule has 26 heavy (non-hydrogen) atoms. The van der Waals surface area contributed by atoms with Crippen molar-refractivity contribution < 1.29 is 8.42 Å². The average molecular weight is 374 g/mol. The Morgan fingerprint density at radius 2 is 1.58 bits per heavy atom. The summed E-state index contributed by atoms with van der Waals surface area (Å²) in [6.07, 6.45) is 7.90. The van der Waals surface area contributed by atoms with Gasteiger partial charge in [0, 0.05) is 13.1 Å². The van der Waals surface area contributed by atoms with E-state index in [0.717, 1.165) is 41.2 Å². The van der Waals surface area contributed by atoms with Gasteiger partial charge >= 0.3 is 0 Å². The highest BCUT2D eigenvalue weighted by molar-refractivity contribution is 7.89. The summed E-state index contributed by atoms with van der Waals surface area (Å²) in [5, 5.41) is 2.22. The van der Waals surface area contributed by atoms with E-state index in [1.165, 1.54) is 0 Å². The van der Waals surface area contributed by atoms with Gasteiger partial charge in [0.1, 0.15) is 0 Å². The maximum Gasteiger partial charge on any atom is 0.243 e. The average Bonchev–Trinajstić information content (AvgIpc) is 2.72. The molecular formula is C22H31NO2S. The van der Waals surface area contributed by atoms with E-state index in [2.05, 4.69) is 24.3 Å². The molecule has 4 rings (SSSR count). The zero-order valence-electron chi connectivity index (χ0n) is 16.5. The van der Waals surface area contributed by atoms with Gasteiger partial charge in [-0.05, 0) is 47.2 Å². The smallest absolute Gasteiger partial charge is 0.207 e. The van der Waals surface area contributed by atoms with E-state index in [4.69, 9.17) is 0 Å². The van der Waals surface area contributed by atoms with Crippen molar-refractivity contribution in [2.24, 2.45) is 0 Å². The van der Waals surface area contributed by atoms with Gasteiger partial charge in [-0.25, -0.2) is 8.42 Å². The van der Waals surface area contributed by atoms with Crippen molar-refractivity contribution in [3.63, 3.8) is 0 Å². The summed E-state index contributed by atoms with van der Waals surface area (Å²) in [6.45, 7) is 9.30. The molecule has 1 aliphatic heterocycles. The highest BCUT2D eigenvalue weighted by Crippen LogP contribution is 2.34. The Bertz CT molecular complexity index is 863. The molecule has 142 valence electrons. The number of allylic oxidation sites excluding steroid dienone is 1. The molecule has 0 radical (unpaired) electrons. The van der Waals surface area contributed by atoms with Gasteiger partial charge in [0.25, 0.3) is 0 Å². The fourth-order valence-corrected chi connectivity index (χ4v) is 5.35. The molecule has 1 fully saturated rings. The quantitative estimate of drug-likeness (QED) is 0.683. The van der Waals surface area contributed by atoms with Crippen LogP contribution in [0.1, 0.15) is 58.1 Å². The van der Waals surface area contributed by atoms with Gasteiger partial charge in [-0.2, -0.15) is 4.31 Å². The molecule has 2 aromatic carbocycles. The molecule has 1 aliphatic carbocycles. The monoisotopic (exact) mass is 373 g/mol. The minimum absolute atomic E-state index is 0.499. The number of piperidine rings is 1. The standard InChI is InChI=1S/C18H19NO2S.2C2H6/c20-22(21,19-12-2-1-3-13-19)17-11-10-15-7-4-6-14-8-5-9-16(17)18(14)15;2*1-2/h4-8,10-11H,1-3,9,12-13H2;2*1-2H3. The van der Waals surface area contributed by atoms with Crippen molar-refractivity contribution in [1.29, 1.82) is 0 Å². The van der Waals surface area contributed by atoms with E-state index >= 15 is 0 Å². The molecular weight excluding hydrogens is 342 g/mol. The van der Waals surface area contributed by atoms with Gasteiger partial charge in [0.2, 0.25) is 10.0 Å². The largest absolute Gasteiger partial charge is 0.243 e. The van der Waals surface area contributed by atoms with E-state index in [1.54, 1.807) is 10.4 Å². The minimum atomic E-state index is -3.38. The lowest BCUT2D eigenvalue weighted by Crippen LogP contribution is -2.36. The highest BCUT2D eigenvalue weighted by Gasteiger charge is 2.29.